The van der Waals surface area contributed by atoms with Gasteiger partial charge in [-0.1, -0.05) is 79.2 Å². The van der Waals surface area contributed by atoms with Gasteiger partial charge in [0, 0.05) is 10.1 Å². The van der Waals surface area contributed by atoms with E-state index in [1.54, 1.807) is 0 Å². The molecule has 140 valence electrons. The molecule has 3 atom stereocenters. The minimum atomic E-state index is -0.342. The maximum atomic E-state index is 13.6. The first kappa shape index (κ1) is 17.6. The number of carbonyl (C=O) groups is 1. The number of β-lactam (4-membered cyclic amide) rings is 1. The number of benzene rings is 3. The van der Waals surface area contributed by atoms with E-state index in [2.05, 4.69) is 73.3 Å². The van der Waals surface area contributed by atoms with E-state index < -0.39 is 0 Å². The highest BCUT2D eigenvalue weighted by Gasteiger charge is 2.63. The minimum Gasteiger partial charge on any atom is -0.299 e. The molecule has 0 N–H and O–H groups in total. The second-order valence-electron chi connectivity index (χ2n) is 7.91. The smallest absolute Gasteiger partial charge is 0.238 e. The molecule has 1 fully saturated rings. The van der Waals surface area contributed by atoms with Gasteiger partial charge in [0.1, 0.15) is 0 Å². The number of nitrogens with zero attached hydrogens (tertiary/aromatic N) is 1. The van der Waals surface area contributed by atoms with E-state index in [1.807, 2.05) is 36.0 Å². The average Bonchev–Trinajstić information content (AvgIpc) is 2.81. The maximum Gasteiger partial charge on any atom is 0.238 e. The molecule has 3 aromatic carbocycles. The quantitative estimate of drug-likeness (QED) is 0.512. The van der Waals surface area contributed by atoms with Crippen molar-refractivity contribution in [1.82, 2.24) is 0 Å². The highest BCUT2D eigenvalue weighted by atomic mass is 32.2. The van der Waals surface area contributed by atoms with Gasteiger partial charge in [-0.25, -0.2) is 0 Å². The topological polar surface area (TPSA) is 20.3 Å². The second kappa shape index (κ2) is 6.52. The normalized spacial score (nSPS) is 26.1. The number of fused-ring (bicyclic) bond motifs is 3. The Morgan fingerprint density at radius 3 is 2.36 bits per heavy atom. The Bertz CT molecular complexity index is 1030. The number of rotatable bonds is 2. The molecule has 5 rings (SSSR count). The highest BCUT2D eigenvalue weighted by Crippen LogP contribution is 2.60. The molecule has 28 heavy (non-hydrogen) atoms. The van der Waals surface area contributed by atoms with Crippen LogP contribution in [-0.4, -0.2) is 11.2 Å². The third kappa shape index (κ3) is 2.46. The molecule has 0 aliphatic carbocycles. The standard InChI is InChI=1S/C25H23NOS/c1-17-12-14-20(15-13-17)25-16-18(2)28-22-11-7-6-10-21(22)26(25)24(27)23(25)19-8-4-3-5-9-19/h3-15,18,23H,16H2,1-2H3/t18-,23-,25-/m0/s1. The number of aryl methyl sites for hydroxylation is 1. The SMILES string of the molecule is Cc1ccc([C@]23C[C@H](C)Sc4ccccc4N2C(=O)[C@@H]3c2ccccc2)cc1. The largest absolute Gasteiger partial charge is 0.299 e. The Morgan fingerprint density at radius 2 is 1.61 bits per heavy atom. The third-order valence-corrected chi connectivity index (χ3v) is 7.23. The molecule has 2 heterocycles. The molecule has 1 saturated heterocycles. The molecule has 3 aromatic rings. The number of thioether (sulfide) groups is 1. The Balaban J connectivity index is 1.76. The monoisotopic (exact) mass is 385 g/mol. The summed E-state index contributed by atoms with van der Waals surface area (Å²) in [6, 6.07) is 27.4. The molecule has 0 spiro atoms. The lowest BCUT2D eigenvalue weighted by atomic mass is 9.63. The van der Waals surface area contributed by atoms with Crippen molar-refractivity contribution < 1.29 is 4.79 Å². The number of para-hydroxylation sites is 1. The third-order valence-electron chi connectivity index (χ3n) is 6.06. The second-order valence-corrected chi connectivity index (χ2v) is 9.39. The van der Waals surface area contributed by atoms with Crippen molar-refractivity contribution in [3.63, 3.8) is 0 Å². The van der Waals surface area contributed by atoms with Gasteiger partial charge >= 0.3 is 0 Å². The molecule has 0 aromatic heterocycles. The van der Waals surface area contributed by atoms with Gasteiger partial charge in [-0.3, -0.25) is 9.69 Å². The number of amides is 1. The molecular weight excluding hydrogens is 362 g/mol. The lowest BCUT2D eigenvalue weighted by molar-refractivity contribution is -0.131. The molecule has 1 amide bonds. The Labute approximate surface area is 170 Å². The van der Waals surface area contributed by atoms with E-state index in [0.29, 0.717) is 5.25 Å². The fourth-order valence-electron chi connectivity index (χ4n) is 4.89. The zero-order valence-corrected chi connectivity index (χ0v) is 16.9. The zero-order valence-electron chi connectivity index (χ0n) is 16.1. The van der Waals surface area contributed by atoms with Crippen LogP contribution in [0.3, 0.4) is 0 Å². The first-order valence-corrected chi connectivity index (χ1v) is 10.7. The van der Waals surface area contributed by atoms with E-state index in [1.165, 1.54) is 16.0 Å². The summed E-state index contributed by atoms with van der Waals surface area (Å²) in [5.74, 6) is 0.0551. The van der Waals surface area contributed by atoms with Crippen molar-refractivity contribution in [2.24, 2.45) is 0 Å². The molecule has 0 saturated carbocycles. The van der Waals surface area contributed by atoms with Gasteiger partial charge in [0.2, 0.25) is 5.91 Å². The molecule has 0 radical (unpaired) electrons. The summed E-state index contributed by atoms with van der Waals surface area (Å²) in [5.41, 5.74) is 4.29. The van der Waals surface area contributed by atoms with Crippen molar-refractivity contribution in [2.45, 2.75) is 41.9 Å². The van der Waals surface area contributed by atoms with Crippen molar-refractivity contribution in [2.75, 3.05) is 4.90 Å². The van der Waals surface area contributed by atoms with Crippen LogP contribution in [-0.2, 0) is 10.3 Å². The van der Waals surface area contributed by atoms with E-state index in [0.717, 1.165) is 17.7 Å². The zero-order chi connectivity index (χ0) is 19.3. The summed E-state index contributed by atoms with van der Waals surface area (Å²) >= 11 is 1.88. The van der Waals surface area contributed by atoms with E-state index in [9.17, 15) is 4.79 Å². The summed E-state index contributed by atoms with van der Waals surface area (Å²) in [7, 11) is 0. The van der Waals surface area contributed by atoms with Gasteiger partial charge in [-0.2, -0.15) is 0 Å². The van der Waals surface area contributed by atoms with Gasteiger partial charge in [0.05, 0.1) is 17.1 Å². The minimum absolute atomic E-state index is 0.148. The number of hydrogen-bond acceptors (Lipinski definition) is 2. The fourth-order valence-corrected chi connectivity index (χ4v) is 6.10. The van der Waals surface area contributed by atoms with Gasteiger partial charge < -0.3 is 0 Å². The van der Waals surface area contributed by atoms with Crippen molar-refractivity contribution in [1.29, 1.82) is 0 Å². The van der Waals surface area contributed by atoms with Crippen LogP contribution in [0.5, 0.6) is 0 Å². The van der Waals surface area contributed by atoms with Crippen LogP contribution in [0.25, 0.3) is 0 Å². The van der Waals surface area contributed by atoms with E-state index in [4.69, 9.17) is 0 Å². The molecular formula is C25H23NOS. The van der Waals surface area contributed by atoms with Crippen LogP contribution < -0.4 is 4.90 Å². The molecule has 0 bridgehead atoms. The summed E-state index contributed by atoms with van der Waals surface area (Å²) in [5, 5.41) is 0.409. The van der Waals surface area contributed by atoms with Crippen molar-refractivity contribution in [3.05, 3.63) is 95.6 Å². The van der Waals surface area contributed by atoms with Crippen LogP contribution in [0.2, 0.25) is 0 Å². The van der Waals surface area contributed by atoms with E-state index in [-0.39, 0.29) is 17.4 Å². The summed E-state index contributed by atoms with van der Waals surface area (Å²) in [6.07, 6.45) is 0.931. The predicted molar refractivity (Wildman–Crippen MR) is 116 cm³/mol. The molecule has 3 heteroatoms. The molecule has 2 nitrogen and oxygen atoms in total. The molecule has 2 aliphatic heterocycles. The summed E-state index contributed by atoms with van der Waals surface area (Å²) in [6.45, 7) is 4.40. The molecule has 2 aliphatic rings. The van der Waals surface area contributed by atoms with E-state index >= 15 is 0 Å². The van der Waals surface area contributed by atoms with Crippen molar-refractivity contribution in [3.8, 4) is 0 Å². The van der Waals surface area contributed by atoms with Gasteiger partial charge in [0.15, 0.2) is 0 Å². The van der Waals surface area contributed by atoms with Crippen LogP contribution in [0.15, 0.2) is 83.8 Å². The Kier molecular flexibility index (Phi) is 4.09. The number of carbonyl (C=O) groups excluding carboxylic acids is 1. The van der Waals surface area contributed by atoms with Crippen LogP contribution in [0.1, 0.15) is 36.0 Å². The average molecular weight is 386 g/mol. The van der Waals surface area contributed by atoms with Gasteiger partial charge in [-0.15, -0.1) is 11.8 Å². The lowest BCUT2D eigenvalue weighted by Gasteiger charge is -2.58. The molecule has 0 unspecified atom stereocenters. The maximum absolute atomic E-state index is 13.6. The Hall–Kier alpha value is -2.52. The van der Waals surface area contributed by atoms with Crippen LogP contribution in [0.4, 0.5) is 5.69 Å². The fraction of sp³-hybridized carbons (Fsp3) is 0.240. The van der Waals surface area contributed by atoms with Crippen LogP contribution >= 0.6 is 11.8 Å². The first-order chi connectivity index (χ1) is 13.6. The highest BCUT2D eigenvalue weighted by molar-refractivity contribution is 8.00. The number of hydrogen-bond donors (Lipinski definition) is 0. The Morgan fingerprint density at radius 1 is 0.929 bits per heavy atom. The van der Waals surface area contributed by atoms with Gasteiger partial charge in [0.25, 0.3) is 0 Å². The lowest BCUT2D eigenvalue weighted by Crippen LogP contribution is -2.68. The predicted octanol–water partition coefficient (Wildman–Crippen LogP) is 5.91. The first-order valence-electron chi connectivity index (χ1n) is 9.83. The number of anilines is 1. The van der Waals surface area contributed by atoms with Crippen LogP contribution in [0, 0.1) is 6.92 Å². The summed E-state index contributed by atoms with van der Waals surface area (Å²) < 4.78 is 0. The van der Waals surface area contributed by atoms with Crippen molar-refractivity contribution >= 4 is 23.4 Å². The van der Waals surface area contributed by atoms with Gasteiger partial charge in [-0.05, 0) is 36.6 Å². The summed E-state index contributed by atoms with van der Waals surface area (Å²) in [4.78, 5) is 16.9.